The van der Waals surface area contributed by atoms with Crippen LogP contribution >= 0.6 is 0 Å². The second-order valence-corrected chi connectivity index (χ2v) is 5.39. The molecule has 1 aromatic rings. The largest absolute Gasteiger partial charge is 0.478 e. The molecule has 2 atom stereocenters. The number of aromatic carboxylic acids is 1. The number of urea groups is 1. The van der Waals surface area contributed by atoms with E-state index in [0.717, 1.165) is 25.7 Å². The normalized spacial score (nSPS) is 21.6. The van der Waals surface area contributed by atoms with Crippen molar-refractivity contribution in [1.82, 2.24) is 5.32 Å². The summed E-state index contributed by atoms with van der Waals surface area (Å²) in [6.45, 7) is 0. The second kappa shape index (κ2) is 6.58. The lowest BCUT2D eigenvalue weighted by Gasteiger charge is -2.31. The molecule has 21 heavy (non-hydrogen) atoms. The first-order valence-corrected chi connectivity index (χ1v) is 7.13. The SMILES string of the molecule is CN(C(=O)NC1CCCCC1N)c1ccccc1C(=O)O. The highest BCUT2D eigenvalue weighted by Crippen LogP contribution is 2.21. The third kappa shape index (κ3) is 3.52. The number of hydrogen-bond acceptors (Lipinski definition) is 3. The highest BCUT2D eigenvalue weighted by molar-refractivity contribution is 6.01. The van der Waals surface area contributed by atoms with E-state index >= 15 is 0 Å². The predicted octanol–water partition coefficient (Wildman–Crippen LogP) is 1.80. The smallest absolute Gasteiger partial charge is 0.337 e. The number of amides is 2. The van der Waals surface area contributed by atoms with Gasteiger partial charge in [0.1, 0.15) is 0 Å². The van der Waals surface area contributed by atoms with Crippen molar-refractivity contribution in [2.24, 2.45) is 5.73 Å². The van der Waals surface area contributed by atoms with Gasteiger partial charge in [-0.05, 0) is 25.0 Å². The highest BCUT2D eigenvalue weighted by Gasteiger charge is 2.25. The number of nitrogens with two attached hydrogens (primary N) is 1. The zero-order valence-electron chi connectivity index (χ0n) is 12.1. The topological polar surface area (TPSA) is 95.7 Å². The Balaban J connectivity index is 2.10. The van der Waals surface area contributed by atoms with Crippen molar-refractivity contribution in [2.45, 2.75) is 37.8 Å². The summed E-state index contributed by atoms with van der Waals surface area (Å²) < 4.78 is 0. The Hall–Kier alpha value is -2.08. The van der Waals surface area contributed by atoms with Crippen LogP contribution in [0.1, 0.15) is 36.0 Å². The lowest BCUT2D eigenvalue weighted by Crippen LogP contribution is -2.52. The molecular weight excluding hydrogens is 270 g/mol. The standard InChI is InChI=1S/C15H21N3O3/c1-18(13-9-5-2-6-10(13)14(19)20)15(21)17-12-8-4-3-7-11(12)16/h2,5-6,9,11-12H,3-4,7-8,16H2,1H3,(H,17,21)(H,19,20). The van der Waals surface area contributed by atoms with Crippen molar-refractivity contribution in [3.05, 3.63) is 29.8 Å². The third-order valence-corrected chi connectivity index (χ3v) is 3.93. The van der Waals surface area contributed by atoms with Crippen LogP contribution in [0.3, 0.4) is 0 Å². The predicted molar refractivity (Wildman–Crippen MR) is 80.6 cm³/mol. The van der Waals surface area contributed by atoms with Gasteiger partial charge in [-0.1, -0.05) is 25.0 Å². The highest BCUT2D eigenvalue weighted by atomic mass is 16.4. The molecule has 1 saturated carbocycles. The van der Waals surface area contributed by atoms with Gasteiger partial charge in [-0.3, -0.25) is 4.90 Å². The number of para-hydroxylation sites is 1. The number of carboxylic acids is 1. The number of nitrogens with zero attached hydrogens (tertiary/aromatic N) is 1. The third-order valence-electron chi connectivity index (χ3n) is 3.93. The lowest BCUT2D eigenvalue weighted by atomic mass is 9.91. The average molecular weight is 291 g/mol. The van der Waals surface area contributed by atoms with Crippen molar-refractivity contribution in [2.75, 3.05) is 11.9 Å². The number of carbonyl (C=O) groups excluding carboxylic acids is 1. The fourth-order valence-electron chi connectivity index (χ4n) is 2.65. The molecule has 114 valence electrons. The fourth-order valence-corrected chi connectivity index (χ4v) is 2.65. The molecule has 0 radical (unpaired) electrons. The molecule has 6 heteroatoms. The van der Waals surface area contributed by atoms with Crippen molar-refractivity contribution in [3.8, 4) is 0 Å². The van der Waals surface area contributed by atoms with Crippen LogP contribution in [0.25, 0.3) is 0 Å². The van der Waals surface area contributed by atoms with Gasteiger partial charge in [0.05, 0.1) is 11.3 Å². The first kappa shape index (κ1) is 15.3. The fraction of sp³-hybridized carbons (Fsp3) is 0.467. The molecule has 1 aliphatic carbocycles. The molecule has 6 nitrogen and oxygen atoms in total. The number of hydrogen-bond donors (Lipinski definition) is 3. The molecule has 0 aliphatic heterocycles. The monoisotopic (exact) mass is 291 g/mol. The van der Waals surface area contributed by atoms with Crippen LogP contribution in [-0.2, 0) is 0 Å². The van der Waals surface area contributed by atoms with Gasteiger partial charge >= 0.3 is 12.0 Å². The van der Waals surface area contributed by atoms with E-state index in [1.54, 1.807) is 25.2 Å². The van der Waals surface area contributed by atoms with E-state index in [4.69, 9.17) is 5.73 Å². The molecule has 1 aliphatic rings. The maximum absolute atomic E-state index is 12.3. The van der Waals surface area contributed by atoms with Gasteiger partial charge < -0.3 is 16.2 Å². The Labute approximate surface area is 123 Å². The number of anilines is 1. The van der Waals surface area contributed by atoms with Gasteiger partial charge in [0.15, 0.2) is 0 Å². The van der Waals surface area contributed by atoms with E-state index in [1.807, 2.05) is 0 Å². The summed E-state index contributed by atoms with van der Waals surface area (Å²) in [7, 11) is 1.56. The summed E-state index contributed by atoms with van der Waals surface area (Å²) in [6.07, 6.45) is 3.90. The summed E-state index contributed by atoms with van der Waals surface area (Å²) in [5, 5.41) is 12.1. The molecule has 0 saturated heterocycles. The summed E-state index contributed by atoms with van der Waals surface area (Å²) >= 11 is 0. The molecule has 2 rings (SSSR count). The van der Waals surface area contributed by atoms with Crippen molar-refractivity contribution < 1.29 is 14.7 Å². The van der Waals surface area contributed by atoms with Crippen LogP contribution in [0.2, 0.25) is 0 Å². The van der Waals surface area contributed by atoms with Crippen molar-refractivity contribution in [3.63, 3.8) is 0 Å². The first-order valence-electron chi connectivity index (χ1n) is 7.13. The average Bonchev–Trinajstić information content (AvgIpc) is 2.48. The van der Waals surface area contributed by atoms with Gasteiger partial charge in [0.2, 0.25) is 0 Å². The number of carboxylic acid groups (broad SMARTS) is 1. The van der Waals surface area contributed by atoms with Gasteiger partial charge in [0, 0.05) is 19.1 Å². The van der Waals surface area contributed by atoms with E-state index in [9.17, 15) is 14.7 Å². The zero-order chi connectivity index (χ0) is 15.4. The van der Waals surface area contributed by atoms with Crippen LogP contribution < -0.4 is 16.0 Å². The van der Waals surface area contributed by atoms with Gasteiger partial charge in [-0.25, -0.2) is 9.59 Å². The minimum Gasteiger partial charge on any atom is -0.478 e. The van der Waals surface area contributed by atoms with Crippen LogP contribution in [0.5, 0.6) is 0 Å². The second-order valence-electron chi connectivity index (χ2n) is 5.39. The van der Waals surface area contributed by atoms with Gasteiger partial charge in [0.25, 0.3) is 0 Å². The molecule has 0 heterocycles. The van der Waals surface area contributed by atoms with Crippen LogP contribution in [-0.4, -0.2) is 36.2 Å². The van der Waals surface area contributed by atoms with E-state index in [1.165, 1.54) is 11.0 Å². The number of rotatable bonds is 3. The van der Waals surface area contributed by atoms with E-state index < -0.39 is 5.97 Å². The quantitative estimate of drug-likeness (QED) is 0.791. The van der Waals surface area contributed by atoms with E-state index in [-0.39, 0.29) is 23.7 Å². The summed E-state index contributed by atoms with van der Waals surface area (Å²) in [5.74, 6) is -1.06. The minimum absolute atomic E-state index is 0.0363. The Morgan fingerprint density at radius 3 is 2.62 bits per heavy atom. The molecule has 0 aromatic heterocycles. The Morgan fingerprint density at radius 2 is 1.95 bits per heavy atom. The van der Waals surface area contributed by atoms with Crippen molar-refractivity contribution >= 4 is 17.7 Å². The maximum Gasteiger partial charge on any atom is 0.337 e. The maximum atomic E-state index is 12.3. The van der Waals surface area contributed by atoms with Crippen molar-refractivity contribution in [1.29, 1.82) is 0 Å². The Bertz CT molecular complexity index is 533. The number of carbonyl (C=O) groups is 2. The molecule has 0 spiro atoms. The number of benzene rings is 1. The van der Waals surface area contributed by atoms with E-state index in [0.29, 0.717) is 5.69 Å². The summed E-state index contributed by atoms with van der Waals surface area (Å²) in [6, 6.07) is 6.02. The summed E-state index contributed by atoms with van der Waals surface area (Å²) in [5.41, 5.74) is 6.48. The Kier molecular flexibility index (Phi) is 4.80. The van der Waals surface area contributed by atoms with Crippen LogP contribution in [0.4, 0.5) is 10.5 Å². The number of nitrogens with one attached hydrogen (secondary N) is 1. The molecule has 4 N–H and O–H groups in total. The molecule has 2 amide bonds. The molecule has 1 aromatic carbocycles. The zero-order valence-corrected chi connectivity index (χ0v) is 12.1. The Morgan fingerprint density at radius 1 is 1.29 bits per heavy atom. The molecule has 0 bridgehead atoms. The summed E-state index contributed by atoms with van der Waals surface area (Å²) in [4.78, 5) is 24.8. The first-order chi connectivity index (χ1) is 10.0. The van der Waals surface area contributed by atoms with Crippen LogP contribution in [0.15, 0.2) is 24.3 Å². The lowest BCUT2D eigenvalue weighted by molar-refractivity contribution is 0.0697. The molecule has 1 fully saturated rings. The molecule has 2 unspecified atom stereocenters. The van der Waals surface area contributed by atoms with E-state index in [2.05, 4.69) is 5.32 Å². The molecular formula is C15H21N3O3. The van der Waals surface area contributed by atoms with Gasteiger partial charge in [-0.2, -0.15) is 0 Å². The minimum atomic E-state index is -1.06. The van der Waals surface area contributed by atoms with Crippen LogP contribution in [0, 0.1) is 0 Å². The van der Waals surface area contributed by atoms with Gasteiger partial charge in [-0.15, -0.1) is 0 Å².